The molecule has 0 unspecified atom stereocenters. The van der Waals surface area contributed by atoms with Crippen LogP contribution >= 0.6 is 11.8 Å². The minimum absolute atomic E-state index is 0.229. The van der Waals surface area contributed by atoms with Gasteiger partial charge in [-0.05, 0) is 43.7 Å². The van der Waals surface area contributed by atoms with Gasteiger partial charge in [0, 0.05) is 20.6 Å². The summed E-state index contributed by atoms with van der Waals surface area (Å²) in [6.07, 6.45) is 1.66. The van der Waals surface area contributed by atoms with Crippen molar-refractivity contribution in [3.8, 4) is 11.4 Å². The second kappa shape index (κ2) is 10.2. The van der Waals surface area contributed by atoms with Crippen LogP contribution in [-0.2, 0) is 28.9 Å². The number of aryl methyl sites for hydroxylation is 2. The summed E-state index contributed by atoms with van der Waals surface area (Å²) in [7, 11) is -0.492. The Morgan fingerprint density at radius 1 is 1.03 bits per heavy atom. The highest BCUT2D eigenvalue weighted by atomic mass is 32.2. The second-order valence-corrected chi connectivity index (χ2v) is 11.9. The molecule has 2 aromatic carbocycles. The van der Waals surface area contributed by atoms with Gasteiger partial charge in [-0.1, -0.05) is 42.1 Å². The number of aromatic nitrogens is 5. The van der Waals surface area contributed by atoms with Crippen molar-refractivity contribution >= 4 is 32.8 Å². The highest BCUT2D eigenvalue weighted by Gasteiger charge is 2.21. The molecule has 5 rings (SSSR count). The molecule has 0 amide bonds. The molecule has 192 valence electrons. The van der Waals surface area contributed by atoms with Gasteiger partial charge in [0.05, 0.1) is 40.1 Å². The Labute approximate surface area is 220 Å². The van der Waals surface area contributed by atoms with Gasteiger partial charge in [0.1, 0.15) is 11.6 Å². The largest absolute Gasteiger partial charge is 0.469 e. The predicted molar refractivity (Wildman–Crippen MR) is 144 cm³/mol. The average Bonchev–Trinajstić information content (AvgIpc) is 3.58. The Morgan fingerprint density at radius 3 is 2.49 bits per heavy atom. The maximum atomic E-state index is 12.6. The number of sulfonamides is 1. The molecule has 0 atom stereocenters. The van der Waals surface area contributed by atoms with Crippen molar-refractivity contribution in [1.82, 2.24) is 28.6 Å². The number of rotatable bonds is 9. The lowest BCUT2D eigenvalue weighted by atomic mass is 10.2. The summed E-state index contributed by atoms with van der Waals surface area (Å²) in [5, 5.41) is 9.78. The summed E-state index contributed by atoms with van der Waals surface area (Å²) in [4.78, 5) is 5.03. The third-order valence-electron chi connectivity index (χ3n) is 6.22. The summed E-state index contributed by atoms with van der Waals surface area (Å²) < 4.78 is 36.2. The second-order valence-electron chi connectivity index (χ2n) is 8.77. The molecule has 0 aliphatic heterocycles. The van der Waals surface area contributed by atoms with E-state index in [4.69, 9.17) is 9.40 Å². The van der Waals surface area contributed by atoms with E-state index in [0.717, 1.165) is 39.2 Å². The number of fused-ring (bicyclic) bond motifs is 1. The Kier molecular flexibility index (Phi) is 6.93. The fourth-order valence-electron chi connectivity index (χ4n) is 4.24. The molecule has 0 saturated carbocycles. The number of imidazole rings is 1. The first kappa shape index (κ1) is 25.2. The molecule has 9 nitrogen and oxygen atoms in total. The van der Waals surface area contributed by atoms with Crippen molar-refractivity contribution in [2.75, 3.05) is 14.1 Å². The normalized spacial score (nSPS) is 12.1. The van der Waals surface area contributed by atoms with Crippen LogP contribution in [0.2, 0.25) is 0 Å². The number of benzene rings is 2. The van der Waals surface area contributed by atoms with E-state index in [1.165, 1.54) is 18.4 Å². The molecule has 3 heterocycles. The zero-order valence-electron chi connectivity index (χ0n) is 21.1. The molecule has 5 aromatic rings. The Hall–Kier alpha value is -3.41. The van der Waals surface area contributed by atoms with Gasteiger partial charge < -0.3 is 8.98 Å². The van der Waals surface area contributed by atoms with Crippen LogP contribution < -0.4 is 0 Å². The minimum atomic E-state index is -3.54. The molecule has 37 heavy (non-hydrogen) atoms. The maximum Gasteiger partial charge on any atom is 0.242 e. The molecule has 0 aliphatic carbocycles. The monoisotopic (exact) mass is 536 g/mol. The van der Waals surface area contributed by atoms with E-state index >= 15 is 0 Å². The van der Waals surface area contributed by atoms with E-state index in [-0.39, 0.29) is 4.90 Å². The van der Waals surface area contributed by atoms with Gasteiger partial charge in [-0.15, -0.1) is 10.2 Å². The SMILES string of the molecule is CCn1c(CSc2nnc(-c3ccoc3C)n2Cc2ccccc2)nc2cc(S(=O)(=O)N(C)C)ccc21. The number of thioether (sulfide) groups is 1. The molecule has 0 bridgehead atoms. The molecular weight excluding hydrogens is 508 g/mol. The predicted octanol–water partition coefficient (Wildman–Crippen LogP) is 4.81. The van der Waals surface area contributed by atoms with Crippen molar-refractivity contribution in [2.24, 2.45) is 0 Å². The first-order valence-corrected chi connectivity index (χ1v) is 14.3. The molecule has 0 radical (unpaired) electrons. The van der Waals surface area contributed by atoms with Gasteiger partial charge in [0.2, 0.25) is 10.0 Å². The van der Waals surface area contributed by atoms with Crippen LogP contribution in [0.15, 0.2) is 75.3 Å². The molecule has 11 heteroatoms. The highest BCUT2D eigenvalue weighted by molar-refractivity contribution is 7.98. The van der Waals surface area contributed by atoms with Gasteiger partial charge in [0.25, 0.3) is 0 Å². The van der Waals surface area contributed by atoms with E-state index in [1.807, 2.05) is 37.3 Å². The topological polar surface area (TPSA) is 99.0 Å². The Bertz CT molecular complexity index is 1650. The molecule has 0 saturated heterocycles. The average molecular weight is 537 g/mol. The van der Waals surface area contributed by atoms with Crippen molar-refractivity contribution < 1.29 is 12.8 Å². The van der Waals surface area contributed by atoms with Crippen LogP contribution in [0.25, 0.3) is 22.4 Å². The summed E-state index contributed by atoms with van der Waals surface area (Å²) >= 11 is 1.55. The number of hydrogen-bond donors (Lipinski definition) is 0. The summed E-state index contributed by atoms with van der Waals surface area (Å²) in [6.45, 7) is 5.30. The standard InChI is InChI=1S/C26H28N6O3S2/c1-5-31-23-12-11-20(37(33,34)30(3)4)15-22(23)27-24(31)17-36-26-29-28-25(21-13-14-35-18(21)2)32(26)16-19-9-7-6-8-10-19/h6-15H,5,16-17H2,1-4H3. The van der Waals surface area contributed by atoms with Crippen molar-refractivity contribution in [3.63, 3.8) is 0 Å². The van der Waals surface area contributed by atoms with Crippen LogP contribution in [0.5, 0.6) is 0 Å². The summed E-state index contributed by atoms with van der Waals surface area (Å²) in [5.41, 5.74) is 3.60. The first-order chi connectivity index (χ1) is 17.8. The molecule has 3 aromatic heterocycles. The summed E-state index contributed by atoms with van der Waals surface area (Å²) in [6, 6.07) is 17.2. The Balaban J connectivity index is 1.49. The molecule has 0 aliphatic rings. The lowest BCUT2D eigenvalue weighted by Gasteiger charge is -2.11. The fraction of sp³-hybridized carbons (Fsp3) is 0.269. The van der Waals surface area contributed by atoms with E-state index in [1.54, 1.807) is 30.2 Å². The van der Waals surface area contributed by atoms with Crippen LogP contribution in [0.4, 0.5) is 0 Å². The van der Waals surface area contributed by atoms with E-state index in [0.29, 0.717) is 24.4 Å². The summed E-state index contributed by atoms with van der Waals surface area (Å²) in [5.74, 6) is 2.93. The lowest BCUT2D eigenvalue weighted by Crippen LogP contribution is -2.22. The Morgan fingerprint density at radius 2 is 1.81 bits per heavy atom. The third-order valence-corrected chi connectivity index (χ3v) is 9.00. The highest BCUT2D eigenvalue weighted by Crippen LogP contribution is 2.31. The van der Waals surface area contributed by atoms with Gasteiger partial charge in [-0.2, -0.15) is 0 Å². The van der Waals surface area contributed by atoms with Crippen molar-refractivity contribution in [3.05, 3.63) is 78.0 Å². The maximum absolute atomic E-state index is 12.6. The molecular formula is C26H28N6O3S2. The van der Waals surface area contributed by atoms with Crippen molar-refractivity contribution in [1.29, 1.82) is 0 Å². The van der Waals surface area contributed by atoms with Gasteiger partial charge in [0.15, 0.2) is 11.0 Å². The molecule has 0 spiro atoms. The zero-order valence-corrected chi connectivity index (χ0v) is 22.8. The van der Waals surface area contributed by atoms with E-state index < -0.39 is 10.0 Å². The minimum Gasteiger partial charge on any atom is -0.469 e. The quantitative estimate of drug-likeness (QED) is 0.249. The van der Waals surface area contributed by atoms with Crippen LogP contribution in [0.1, 0.15) is 24.1 Å². The molecule has 0 N–H and O–H groups in total. The van der Waals surface area contributed by atoms with Gasteiger partial charge >= 0.3 is 0 Å². The molecule has 0 fully saturated rings. The van der Waals surface area contributed by atoms with Crippen LogP contribution in [-0.4, -0.2) is 51.1 Å². The number of furan rings is 1. The fourth-order valence-corrected chi connectivity index (χ4v) is 6.05. The first-order valence-electron chi connectivity index (χ1n) is 11.9. The van der Waals surface area contributed by atoms with Crippen molar-refractivity contribution in [2.45, 2.75) is 42.7 Å². The van der Waals surface area contributed by atoms with Crippen LogP contribution in [0, 0.1) is 6.92 Å². The van der Waals surface area contributed by atoms with Gasteiger partial charge in [-0.25, -0.2) is 17.7 Å². The van der Waals surface area contributed by atoms with Gasteiger partial charge in [-0.3, -0.25) is 4.57 Å². The zero-order chi connectivity index (χ0) is 26.2. The smallest absolute Gasteiger partial charge is 0.242 e. The van der Waals surface area contributed by atoms with Crippen LogP contribution in [0.3, 0.4) is 0 Å². The van der Waals surface area contributed by atoms with E-state index in [2.05, 4.69) is 38.4 Å². The number of hydrogen-bond acceptors (Lipinski definition) is 7. The third kappa shape index (κ3) is 4.81. The lowest BCUT2D eigenvalue weighted by molar-refractivity contribution is 0.521. The number of nitrogens with zero attached hydrogens (tertiary/aromatic N) is 6. The van der Waals surface area contributed by atoms with E-state index in [9.17, 15) is 8.42 Å².